The van der Waals surface area contributed by atoms with Gasteiger partial charge in [-0.3, -0.25) is 14.9 Å². The molecule has 9 nitrogen and oxygen atoms in total. The van der Waals surface area contributed by atoms with Gasteiger partial charge in [-0.25, -0.2) is 14.5 Å². The first-order chi connectivity index (χ1) is 16.8. The molecule has 1 aliphatic rings. The number of furan rings is 1. The highest BCUT2D eigenvalue weighted by Crippen LogP contribution is 2.28. The number of carboxylic acids is 1. The van der Waals surface area contributed by atoms with Crippen molar-refractivity contribution in [3.05, 3.63) is 94.5 Å². The van der Waals surface area contributed by atoms with E-state index in [9.17, 15) is 19.2 Å². The van der Waals surface area contributed by atoms with Gasteiger partial charge in [0.05, 0.1) is 12.2 Å². The van der Waals surface area contributed by atoms with E-state index < -0.39 is 23.8 Å². The van der Waals surface area contributed by atoms with E-state index >= 15 is 0 Å². The molecule has 1 saturated heterocycles. The van der Waals surface area contributed by atoms with E-state index in [0.717, 1.165) is 15.8 Å². The SMILES string of the molecule is O=C1NC(=O)N(c2ccc(Cl)cc2)C(=O)/C1=C/c1cn(Cc2ccc(C(=O)O)o2)c2ccccc12. The summed E-state index contributed by atoms with van der Waals surface area (Å²) in [6, 6.07) is 15.5. The van der Waals surface area contributed by atoms with Gasteiger partial charge in [-0.15, -0.1) is 0 Å². The molecule has 10 heteroatoms. The van der Waals surface area contributed by atoms with Crippen LogP contribution in [0.15, 0.2) is 76.9 Å². The average Bonchev–Trinajstić information content (AvgIpc) is 3.43. The maximum absolute atomic E-state index is 13.2. The summed E-state index contributed by atoms with van der Waals surface area (Å²) in [7, 11) is 0. The lowest BCUT2D eigenvalue weighted by atomic mass is 10.1. The highest BCUT2D eigenvalue weighted by Gasteiger charge is 2.37. The van der Waals surface area contributed by atoms with Crippen molar-refractivity contribution in [2.45, 2.75) is 6.54 Å². The van der Waals surface area contributed by atoms with Crippen LogP contribution >= 0.6 is 11.6 Å². The first kappa shape index (κ1) is 22.2. The average molecular weight is 490 g/mol. The molecule has 4 aromatic rings. The van der Waals surface area contributed by atoms with Crippen LogP contribution in [0.3, 0.4) is 0 Å². The van der Waals surface area contributed by atoms with E-state index in [1.807, 2.05) is 28.8 Å². The molecule has 0 saturated carbocycles. The number of halogens is 1. The molecule has 0 aliphatic carbocycles. The molecule has 0 bridgehead atoms. The number of imide groups is 2. The van der Waals surface area contributed by atoms with Gasteiger partial charge in [0.15, 0.2) is 0 Å². The van der Waals surface area contributed by atoms with Crippen LogP contribution in [-0.2, 0) is 16.1 Å². The molecule has 35 heavy (non-hydrogen) atoms. The predicted octanol–water partition coefficient (Wildman–Crippen LogP) is 4.30. The Kier molecular flexibility index (Phi) is 5.46. The van der Waals surface area contributed by atoms with Gasteiger partial charge < -0.3 is 14.1 Å². The molecule has 4 amide bonds. The lowest BCUT2D eigenvalue weighted by Crippen LogP contribution is -2.54. The minimum atomic E-state index is -1.17. The Morgan fingerprint density at radius 3 is 2.49 bits per heavy atom. The van der Waals surface area contributed by atoms with Crippen molar-refractivity contribution in [1.29, 1.82) is 0 Å². The van der Waals surface area contributed by atoms with Crippen molar-refractivity contribution in [3.8, 4) is 0 Å². The van der Waals surface area contributed by atoms with Gasteiger partial charge in [0.2, 0.25) is 5.76 Å². The Labute approximate surface area is 202 Å². The third-order valence-corrected chi connectivity index (χ3v) is 5.76. The van der Waals surface area contributed by atoms with Crippen molar-refractivity contribution < 1.29 is 28.7 Å². The van der Waals surface area contributed by atoms with E-state index in [2.05, 4.69) is 5.32 Å². The lowest BCUT2D eigenvalue weighted by molar-refractivity contribution is -0.122. The molecule has 0 radical (unpaired) electrons. The number of aromatic carboxylic acids is 1. The number of aromatic nitrogens is 1. The summed E-state index contributed by atoms with van der Waals surface area (Å²) in [5, 5.41) is 12.5. The van der Waals surface area contributed by atoms with Crippen LogP contribution in [0.1, 0.15) is 21.9 Å². The van der Waals surface area contributed by atoms with E-state index in [0.29, 0.717) is 16.3 Å². The topological polar surface area (TPSA) is 122 Å². The van der Waals surface area contributed by atoms with Crippen LogP contribution in [0.2, 0.25) is 5.02 Å². The van der Waals surface area contributed by atoms with Crippen LogP contribution in [0.4, 0.5) is 10.5 Å². The molecule has 2 N–H and O–H groups in total. The van der Waals surface area contributed by atoms with E-state index in [-0.39, 0.29) is 23.6 Å². The first-order valence-electron chi connectivity index (χ1n) is 10.4. The molecule has 5 rings (SSSR count). The largest absolute Gasteiger partial charge is 0.475 e. The zero-order valence-electron chi connectivity index (χ0n) is 17.9. The van der Waals surface area contributed by atoms with Crippen LogP contribution < -0.4 is 10.2 Å². The van der Waals surface area contributed by atoms with E-state index in [1.54, 1.807) is 12.3 Å². The number of anilines is 1. The maximum atomic E-state index is 13.2. The minimum absolute atomic E-state index is 0.171. The fraction of sp³-hybridized carbons (Fsp3) is 0.0400. The summed E-state index contributed by atoms with van der Waals surface area (Å²) in [6.07, 6.45) is 3.15. The Morgan fingerprint density at radius 2 is 1.77 bits per heavy atom. The molecule has 0 atom stereocenters. The van der Waals surface area contributed by atoms with Crippen molar-refractivity contribution in [1.82, 2.24) is 9.88 Å². The number of carbonyl (C=O) groups is 4. The van der Waals surface area contributed by atoms with Crippen molar-refractivity contribution in [2.24, 2.45) is 0 Å². The number of fused-ring (bicyclic) bond motifs is 1. The van der Waals surface area contributed by atoms with Crippen molar-refractivity contribution in [3.63, 3.8) is 0 Å². The smallest absolute Gasteiger partial charge is 0.371 e. The number of nitrogens with zero attached hydrogens (tertiary/aromatic N) is 2. The Balaban J connectivity index is 1.54. The molecular formula is C25H16ClN3O6. The minimum Gasteiger partial charge on any atom is -0.475 e. The number of barbiturate groups is 1. The second-order valence-electron chi connectivity index (χ2n) is 7.73. The first-order valence-corrected chi connectivity index (χ1v) is 10.8. The third kappa shape index (κ3) is 4.09. The van der Waals surface area contributed by atoms with E-state index in [4.69, 9.17) is 21.1 Å². The maximum Gasteiger partial charge on any atom is 0.371 e. The summed E-state index contributed by atoms with van der Waals surface area (Å²) in [4.78, 5) is 50.2. The summed E-state index contributed by atoms with van der Waals surface area (Å²) in [6.45, 7) is 0.229. The number of urea groups is 1. The quantitative estimate of drug-likeness (QED) is 0.318. The number of rotatable bonds is 5. The normalized spacial score (nSPS) is 15.2. The highest BCUT2D eigenvalue weighted by molar-refractivity contribution is 6.39. The van der Waals surface area contributed by atoms with Crippen LogP contribution in [0.25, 0.3) is 17.0 Å². The van der Waals surface area contributed by atoms with Gasteiger partial charge >= 0.3 is 12.0 Å². The number of hydrogen-bond donors (Lipinski definition) is 2. The van der Waals surface area contributed by atoms with Gasteiger partial charge in [0.1, 0.15) is 11.3 Å². The molecule has 1 fully saturated rings. The molecule has 2 aromatic heterocycles. The number of nitrogens with one attached hydrogen (secondary N) is 1. The Bertz CT molecular complexity index is 1550. The molecule has 174 valence electrons. The standard InChI is InChI=1S/C25H16ClN3O6/c26-15-5-7-16(8-6-15)29-23(31)19(22(30)27-25(29)34)11-14-12-28(20-4-2-1-3-18(14)20)13-17-9-10-21(35-17)24(32)33/h1-12H,13H2,(H,32,33)(H,27,30,34)/b19-11+. The van der Waals surface area contributed by atoms with Crippen molar-refractivity contribution >= 4 is 58.1 Å². The number of carbonyl (C=O) groups excluding carboxylic acids is 3. The molecule has 3 heterocycles. The van der Waals surface area contributed by atoms with Gasteiger partial charge in [-0.1, -0.05) is 29.8 Å². The molecule has 0 spiro atoms. The van der Waals surface area contributed by atoms with Crippen LogP contribution in [0, 0.1) is 0 Å². The molecule has 1 aliphatic heterocycles. The number of amides is 4. The van der Waals surface area contributed by atoms with Crippen LogP contribution in [-0.4, -0.2) is 33.5 Å². The zero-order valence-corrected chi connectivity index (χ0v) is 18.7. The third-order valence-electron chi connectivity index (χ3n) is 5.50. The van der Waals surface area contributed by atoms with Gasteiger partial charge in [0.25, 0.3) is 11.8 Å². The Morgan fingerprint density at radius 1 is 1.03 bits per heavy atom. The number of para-hydroxylation sites is 1. The van der Waals surface area contributed by atoms with Gasteiger partial charge in [-0.05, 0) is 48.5 Å². The number of benzene rings is 2. The Hall–Kier alpha value is -4.63. The molecular weight excluding hydrogens is 474 g/mol. The number of carboxylic acid groups (broad SMARTS) is 1. The van der Waals surface area contributed by atoms with Gasteiger partial charge in [-0.2, -0.15) is 0 Å². The van der Waals surface area contributed by atoms with Gasteiger partial charge in [0, 0.05) is 27.7 Å². The zero-order chi connectivity index (χ0) is 24.7. The number of hydrogen-bond acceptors (Lipinski definition) is 5. The monoisotopic (exact) mass is 489 g/mol. The predicted molar refractivity (Wildman–Crippen MR) is 127 cm³/mol. The molecule has 2 aromatic carbocycles. The highest BCUT2D eigenvalue weighted by atomic mass is 35.5. The fourth-order valence-corrected chi connectivity index (χ4v) is 4.03. The second kappa shape index (κ2) is 8.62. The summed E-state index contributed by atoms with van der Waals surface area (Å²) >= 11 is 5.91. The summed E-state index contributed by atoms with van der Waals surface area (Å²) < 4.78 is 7.19. The molecule has 0 unspecified atom stereocenters. The van der Waals surface area contributed by atoms with Crippen LogP contribution in [0.5, 0.6) is 0 Å². The summed E-state index contributed by atoms with van der Waals surface area (Å²) in [5.41, 5.74) is 1.40. The lowest BCUT2D eigenvalue weighted by Gasteiger charge is -2.26. The summed E-state index contributed by atoms with van der Waals surface area (Å²) in [5.74, 6) is -2.49. The van der Waals surface area contributed by atoms with Crippen molar-refractivity contribution in [2.75, 3.05) is 4.90 Å². The second-order valence-corrected chi connectivity index (χ2v) is 8.17. The van der Waals surface area contributed by atoms with E-state index in [1.165, 1.54) is 36.4 Å². The fourth-order valence-electron chi connectivity index (χ4n) is 3.90.